The summed E-state index contributed by atoms with van der Waals surface area (Å²) in [6, 6.07) is 4.68. The van der Waals surface area contributed by atoms with Crippen LogP contribution in [0.1, 0.15) is 5.56 Å². The van der Waals surface area contributed by atoms with Gasteiger partial charge in [-0.1, -0.05) is 15.9 Å². The fourth-order valence-corrected chi connectivity index (χ4v) is 1.73. The zero-order valence-electron chi connectivity index (χ0n) is 11.8. The fourth-order valence-electron chi connectivity index (χ4n) is 1.48. The first-order chi connectivity index (χ1) is 9.43. The maximum atomic E-state index is 11.7. The second-order valence-electron chi connectivity index (χ2n) is 4.29. The summed E-state index contributed by atoms with van der Waals surface area (Å²) >= 11 is 3.38. The minimum absolute atomic E-state index is 0. The average molecular weight is 381 g/mol. The van der Waals surface area contributed by atoms with Crippen LogP contribution in [0.4, 0.5) is 5.69 Å². The first kappa shape index (κ1) is 19.9. The molecule has 0 fully saturated rings. The molecule has 8 heteroatoms. The summed E-state index contributed by atoms with van der Waals surface area (Å²) in [5.41, 5.74) is 7.21. The Morgan fingerprint density at radius 1 is 1.43 bits per heavy atom. The maximum Gasteiger partial charge on any atom is 0.243 e. The van der Waals surface area contributed by atoms with Crippen LogP contribution in [0.15, 0.2) is 22.7 Å². The predicted molar refractivity (Wildman–Crippen MR) is 87.6 cm³/mol. The standard InChI is InChI=1S/C13H18BrN3O3.ClH/c1-8-5-9(3-4-10(8)14)17-12(18)6-16-13(19)11(15)7-20-2;/h3-5,11H,6-7,15H2,1-2H3,(H,16,19)(H,17,18);1H. The van der Waals surface area contributed by atoms with Crippen LogP contribution in [0, 0.1) is 6.92 Å². The van der Waals surface area contributed by atoms with Crippen LogP contribution in [-0.4, -0.2) is 38.1 Å². The summed E-state index contributed by atoms with van der Waals surface area (Å²) < 4.78 is 5.73. The molecule has 6 nitrogen and oxygen atoms in total. The second kappa shape index (κ2) is 9.73. The fraction of sp³-hybridized carbons (Fsp3) is 0.385. The van der Waals surface area contributed by atoms with E-state index in [-0.39, 0.29) is 31.5 Å². The Kier molecular flexibility index (Phi) is 9.19. The van der Waals surface area contributed by atoms with Crippen LogP contribution >= 0.6 is 28.3 Å². The first-order valence-corrected chi connectivity index (χ1v) is 6.81. The first-order valence-electron chi connectivity index (χ1n) is 6.02. The Labute approximate surface area is 138 Å². The summed E-state index contributed by atoms with van der Waals surface area (Å²) in [6.07, 6.45) is 0. The van der Waals surface area contributed by atoms with Crippen molar-refractivity contribution in [2.75, 3.05) is 25.6 Å². The minimum Gasteiger partial charge on any atom is -0.383 e. The van der Waals surface area contributed by atoms with Gasteiger partial charge < -0.3 is 21.1 Å². The normalized spacial score (nSPS) is 11.2. The lowest BCUT2D eigenvalue weighted by molar-refractivity contribution is -0.126. The molecule has 0 spiro atoms. The molecule has 0 saturated carbocycles. The number of hydrogen-bond donors (Lipinski definition) is 3. The molecule has 0 aliphatic rings. The zero-order valence-corrected chi connectivity index (χ0v) is 14.2. The molecule has 0 aliphatic heterocycles. The third kappa shape index (κ3) is 6.90. The van der Waals surface area contributed by atoms with Crippen molar-refractivity contribution in [1.82, 2.24) is 5.32 Å². The summed E-state index contributed by atoms with van der Waals surface area (Å²) in [5.74, 6) is -0.737. The molecule has 118 valence electrons. The molecule has 0 aromatic heterocycles. The molecule has 1 atom stereocenters. The lowest BCUT2D eigenvalue weighted by Gasteiger charge is -2.11. The lowest BCUT2D eigenvalue weighted by atomic mass is 10.2. The third-order valence-corrected chi connectivity index (χ3v) is 3.44. The van der Waals surface area contributed by atoms with Crippen LogP contribution in [-0.2, 0) is 14.3 Å². The van der Waals surface area contributed by atoms with E-state index < -0.39 is 11.9 Å². The molecule has 1 aromatic carbocycles. The van der Waals surface area contributed by atoms with Crippen LogP contribution in [0.2, 0.25) is 0 Å². The van der Waals surface area contributed by atoms with Gasteiger partial charge in [-0.15, -0.1) is 12.4 Å². The van der Waals surface area contributed by atoms with Gasteiger partial charge in [0.15, 0.2) is 0 Å². The smallest absolute Gasteiger partial charge is 0.243 e. The van der Waals surface area contributed by atoms with Gasteiger partial charge in [-0.3, -0.25) is 9.59 Å². The van der Waals surface area contributed by atoms with E-state index in [1.807, 2.05) is 19.1 Å². The topological polar surface area (TPSA) is 93.4 Å². The number of benzene rings is 1. The number of aryl methyl sites for hydroxylation is 1. The van der Waals surface area contributed by atoms with E-state index in [4.69, 9.17) is 10.5 Å². The van der Waals surface area contributed by atoms with E-state index in [2.05, 4.69) is 26.6 Å². The van der Waals surface area contributed by atoms with Crippen LogP contribution in [0.5, 0.6) is 0 Å². The van der Waals surface area contributed by atoms with Crippen LogP contribution < -0.4 is 16.4 Å². The quantitative estimate of drug-likeness (QED) is 0.691. The second-order valence-corrected chi connectivity index (χ2v) is 5.15. The van der Waals surface area contributed by atoms with Crippen molar-refractivity contribution < 1.29 is 14.3 Å². The Bertz CT molecular complexity index is 500. The highest BCUT2D eigenvalue weighted by Crippen LogP contribution is 2.19. The molecule has 4 N–H and O–H groups in total. The van der Waals surface area contributed by atoms with Gasteiger partial charge in [0.1, 0.15) is 6.04 Å². The molecular weight excluding hydrogens is 362 g/mol. The minimum atomic E-state index is -0.775. The van der Waals surface area contributed by atoms with E-state index in [9.17, 15) is 9.59 Å². The number of carbonyl (C=O) groups excluding carboxylic acids is 2. The molecule has 21 heavy (non-hydrogen) atoms. The zero-order chi connectivity index (χ0) is 15.1. The van der Waals surface area contributed by atoms with E-state index in [0.717, 1.165) is 10.0 Å². The number of rotatable bonds is 6. The van der Waals surface area contributed by atoms with Gasteiger partial charge in [-0.05, 0) is 30.7 Å². The molecule has 2 amide bonds. The highest BCUT2D eigenvalue weighted by molar-refractivity contribution is 9.10. The molecule has 0 heterocycles. The van der Waals surface area contributed by atoms with Gasteiger partial charge in [-0.25, -0.2) is 0 Å². The summed E-state index contributed by atoms with van der Waals surface area (Å²) in [5, 5.41) is 5.14. The van der Waals surface area contributed by atoms with E-state index >= 15 is 0 Å². The number of hydrogen-bond acceptors (Lipinski definition) is 4. The molecular formula is C13H19BrClN3O3. The Morgan fingerprint density at radius 3 is 2.67 bits per heavy atom. The molecule has 0 radical (unpaired) electrons. The third-order valence-electron chi connectivity index (χ3n) is 2.55. The SMILES string of the molecule is COCC(N)C(=O)NCC(=O)Nc1ccc(Br)c(C)c1.Cl. The van der Waals surface area contributed by atoms with E-state index in [1.54, 1.807) is 6.07 Å². The monoisotopic (exact) mass is 379 g/mol. The van der Waals surface area contributed by atoms with Crippen molar-refractivity contribution in [2.45, 2.75) is 13.0 Å². The highest BCUT2D eigenvalue weighted by atomic mass is 79.9. The van der Waals surface area contributed by atoms with E-state index in [1.165, 1.54) is 7.11 Å². The Morgan fingerprint density at radius 2 is 2.10 bits per heavy atom. The van der Waals surface area contributed by atoms with E-state index in [0.29, 0.717) is 5.69 Å². The Hall–Kier alpha value is -1.15. The average Bonchev–Trinajstić information content (AvgIpc) is 2.40. The number of anilines is 1. The van der Waals surface area contributed by atoms with Crippen molar-refractivity contribution in [3.05, 3.63) is 28.2 Å². The molecule has 0 aliphatic carbocycles. The van der Waals surface area contributed by atoms with Crippen molar-refractivity contribution in [2.24, 2.45) is 5.73 Å². The lowest BCUT2D eigenvalue weighted by Crippen LogP contribution is -2.45. The number of nitrogens with one attached hydrogen (secondary N) is 2. The van der Waals surface area contributed by atoms with Gasteiger partial charge >= 0.3 is 0 Å². The summed E-state index contributed by atoms with van der Waals surface area (Å²) in [4.78, 5) is 23.2. The number of ether oxygens (including phenoxy) is 1. The van der Waals surface area contributed by atoms with Crippen LogP contribution in [0.25, 0.3) is 0 Å². The van der Waals surface area contributed by atoms with Crippen molar-refractivity contribution >= 4 is 45.8 Å². The number of nitrogens with two attached hydrogens (primary N) is 1. The van der Waals surface area contributed by atoms with Gasteiger partial charge in [0.25, 0.3) is 0 Å². The summed E-state index contributed by atoms with van der Waals surface area (Å²) in [7, 11) is 1.45. The maximum absolute atomic E-state index is 11.7. The van der Waals surface area contributed by atoms with Crippen LogP contribution in [0.3, 0.4) is 0 Å². The molecule has 1 rings (SSSR count). The van der Waals surface area contributed by atoms with Crippen molar-refractivity contribution in [3.63, 3.8) is 0 Å². The molecule has 0 bridgehead atoms. The molecule has 1 aromatic rings. The van der Waals surface area contributed by atoms with Gasteiger partial charge in [0.05, 0.1) is 13.2 Å². The number of halogens is 2. The largest absolute Gasteiger partial charge is 0.383 e. The molecule has 1 unspecified atom stereocenters. The van der Waals surface area contributed by atoms with Crippen molar-refractivity contribution in [1.29, 1.82) is 0 Å². The highest BCUT2D eigenvalue weighted by Gasteiger charge is 2.13. The molecule has 0 saturated heterocycles. The number of methoxy groups -OCH3 is 1. The number of carbonyl (C=O) groups is 2. The predicted octanol–water partition coefficient (Wildman–Crippen LogP) is 1.21. The Balaban J connectivity index is 0.00000400. The van der Waals surface area contributed by atoms with Crippen molar-refractivity contribution in [3.8, 4) is 0 Å². The van der Waals surface area contributed by atoms with Gasteiger partial charge in [0.2, 0.25) is 11.8 Å². The summed E-state index contributed by atoms with van der Waals surface area (Å²) in [6.45, 7) is 1.90. The number of amides is 2. The van der Waals surface area contributed by atoms with Gasteiger partial charge in [-0.2, -0.15) is 0 Å². The van der Waals surface area contributed by atoms with Gasteiger partial charge in [0, 0.05) is 17.3 Å².